The Morgan fingerprint density at radius 1 is 0.917 bits per heavy atom. The highest BCUT2D eigenvalue weighted by Crippen LogP contribution is 2.45. The van der Waals surface area contributed by atoms with E-state index in [1.807, 2.05) is 36.4 Å². The molecule has 8 heteroatoms. The van der Waals surface area contributed by atoms with Gasteiger partial charge in [-0.2, -0.15) is 0 Å². The van der Waals surface area contributed by atoms with Gasteiger partial charge in [0, 0.05) is 37.2 Å². The summed E-state index contributed by atoms with van der Waals surface area (Å²) in [5.74, 6) is -0.957. The van der Waals surface area contributed by atoms with Gasteiger partial charge in [-0.1, -0.05) is 42.5 Å². The number of hydrogen-bond donors (Lipinski definition) is 2. The van der Waals surface area contributed by atoms with Crippen molar-refractivity contribution in [2.45, 2.75) is 37.9 Å². The number of para-hydroxylation sites is 1. The van der Waals surface area contributed by atoms with Gasteiger partial charge in [-0.25, -0.2) is 0 Å². The minimum Gasteiger partial charge on any atom is -0.326 e. The number of amides is 4. The molecule has 0 spiro atoms. The third-order valence-electron chi connectivity index (χ3n) is 7.18. The van der Waals surface area contributed by atoms with Crippen molar-refractivity contribution in [3.8, 4) is 0 Å². The summed E-state index contributed by atoms with van der Waals surface area (Å²) < 4.78 is 0. The molecular weight excluding hydrogens is 456 g/mol. The predicted octanol–water partition coefficient (Wildman–Crippen LogP) is 3.69. The number of anilines is 3. The number of rotatable bonds is 4. The zero-order valence-electron chi connectivity index (χ0n) is 19.5. The molecule has 0 aliphatic carbocycles. The topological polar surface area (TPSA) is 98.8 Å². The molecule has 1 unspecified atom stereocenters. The van der Waals surface area contributed by atoms with Crippen LogP contribution in [0.5, 0.6) is 0 Å². The molecule has 180 valence electrons. The first kappa shape index (κ1) is 22.0. The van der Waals surface area contributed by atoms with Crippen LogP contribution in [-0.2, 0) is 27.3 Å². The molecule has 6 rings (SSSR count). The Labute approximate surface area is 207 Å². The second kappa shape index (κ2) is 8.34. The minimum absolute atomic E-state index is 0.0331. The van der Waals surface area contributed by atoms with E-state index in [0.29, 0.717) is 29.8 Å². The van der Waals surface area contributed by atoms with Crippen molar-refractivity contribution in [1.82, 2.24) is 4.90 Å². The van der Waals surface area contributed by atoms with Gasteiger partial charge >= 0.3 is 0 Å². The zero-order valence-corrected chi connectivity index (χ0v) is 19.5. The van der Waals surface area contributed by atoms with Crippen LogP contribution in [0.4, 0.5) is 17.1 Å². The maximum Gasteiger partial charge on any atom is 0.271 e. The fourth-order valence-electron chi connectivity index (χ4n) is 5.46. The highest BCUT2D eigenvalue weighted by Gasteiger charge is 2.60. The van der Waals surface area contributed by atoms with Crippen molar-refractivity contribution in [2.75, 3.05) is 15.5 Å². The van der Waals surface area contributed by atoms with Crippen LogP contribution in [0.2, 0.25) is 0 Å². The monoisotopic (exact) mass is 480 g/mol. The Hall–Kier alpha value is -4.46. The van der Waals surface area contributed by atoms with E-state index in [-0.39, 0.29) is 37.1 Å². The fraction of sp³-hybridized carbons (Fsp3) is 0.214. The van der Waals surface area contributed by atoms with Gasteiger partial charge in [0.15, 0.2) is 0 Å². The SMILES string of the molecule is O=C1CCc2cc(NC(=O)C34CCC(=O)N3c3ccccc3C(=O)N4Cc3ccccc3)ccc2N1. The number of benzene rings is 3. The summed E-state index contributed by atoms with van der Waals surface area (Å²) >= 11 is 0. The van der Waals surface area contributed by atoms with Crippen molar-refractivity contribution < 1.29 is 19.2 Å². The average molecular weight is 481 g/mol. The Balaban J connectivity index is 1.43. The second-order valence-electron chi connectivity index (χ2n) is 9.31. The lowest BCUT2D eigenvalue weighted by Gasteiger charge is -2.49. The van der Waals surface area contributed by atoms with E-state index in [9.17, 15) is 19.2 Å². The molecule has 8 nitrogen and oxygen atoms in total. The van der Waals surface area contributed by atoms with Gasteiger partial charge in [0.05, 0.1) is 11.3 Å². The van der Waals surface area contributed by atoms with Crippen LogP contribution in [0.3, 0.4) is 0 Å². The molecule has 4 amide bonds. The fourth-order valence-corrected chi connectivity index (χ4v) is 5.46. The summed E-state index contributed by atoms with van der Waals surface area (Å²) in [5.41, 5.74) is 2.43. The molecule has 2 N–H and O–H groups in total. The summed E-state index contributed by atoms with van der Waals surface area (Å²) in [4.78, 5) is 55.9. The van der Waals surface area contributed by atoms with Gasteiger partial charge in [0.25, 0.3) is 11.8 Å². The maximum absolute atomic E-state index is 14.1. The molecule has 3 heterocycles. The van der Waals surface area contributed by atoms with Crippen LogP contribution in [0.15, 0.2) is 72.8 Å². The molecule has 1 fully saturated rings. The standard InChI is InChI=1S/C28H24N4O4/c33-24-13-10-19-16-20(11-12-22(19)30-24)29-27(36)28-15-14-25(34)32(28)23-9-5-4-8-21(23)26(35)31(28)17-18-6-2-1-3-7-18/h1-9,11-12,16H,10,13-15,17H2,(H,29,36)(H,30,33). The normalized spacial score (nSPS) is 20.4. The van der Waals surface area contributed by atoms with Crippen LogP contribution in [0.1, 0.15) is 40.7 Å². The zero-order chi connectivity index (χ0) is 24.9. The van der Waals surface area contributed by atoms with Gasteiger partial charge < -0.3 is 15.5 Å². The highest BCUT2D eigenvalue weighted by atomic mass is 16.2. The van der Waals surface area contributed by atoms with Crippen LogP contribution in [0.25, 0.3) is 0 Å². The first-order valence-corrected chi connectivity index (χ1v) is 12.0. The highest BCUT2D eigenvalue weighted by molar-refractivity contribution is 6.18. The summed E-state index contributed by atoms with van der Waals surface area (Å²) in [6.07, 6.45) is 1.29. The number of carbonyl (C=O) groups excluding carboxylic acids is 4. The van der Waals surface area contributed by atoms with Crippen molar-refractivity contribution in [2.24, 2.45) is 0 Å². The Bertz CT molecular complexity index is 1420. The number of fused-ring (bicyclic) bond motifs is 4. The van der Waals surface area contributed by atoms with Crippen molar-refractivity contribution >= 4 is 40.7 Å². The quantitative estimate of drug-likeness (QED) is 0.595. The Morgan fingerprint density at radius 2 is 1.69 bits per heavy atom. The Morgan fingerprint density at radius 3 is 2.53 bits per heavy atom. The van der Waals surface area contributed by atoms with E-state index in [4.69, 9.17) is 0 Å². The van der Waals surface area contributed by atoms with E-state index >= 15 is 0 Å². The molecule has 1 saturated heterocycles. The van der Waals surface area contributed by atoms with E-state index in [2.05, 4.69) is 10.6 Å². The molecule has 3 aromatic carbocycles. The Kier molecular flexibility index (Phi) is 5.10. The smallest absolute Gasteiger partial charge is 0.271 e. The maximum atomic E-state index is 14.1. The molecule has 3 aliphatic heterocycles. The van der Waals surface area contributed by atoms with Gasteiger partial charge in [0.1, 0.15) is 0 Å². The van der Waals surface area contributed by atoms with E-state index in [1.54, 1.807) is 36.4 Å². The lowest BCUT2D eigenvalue weighted by Crippen LogP contribution is -2.69. The summed E-state index contributed by atoms with van der Waals surface area (Å²) in [7, 11) is 0. The van der Waals surface area contributed by atoms with Gasteiger partial charge in [-0.3, -0.25) is 24.1 Å². The van der Waals surface area contributed by atoms with Crippen LogP contribution < -0.4 is 15.5 Å². The number of carbonyl (C=O) groups is 4. The third kappa shape index (κ3) is 3.37. The summed E-state index contributed by atoms with van der Waals surface area (Å²) in [5, 5.41) is 5.82. The van der Waals surface area contributed by atoms with Crippen LogP contribution >= 0.6 is 0 Å². The number of nitrogens with one attached hydrogen (secondary N) is 2. The molecular formula is C28H24N4O4. The van der Waals surface area contributed by atoms with E-state index in [0.717, 1.165) is 16.8 Å². The average Bonchev–Trinajstić information content (AvgIpc) is 3.25. The second-order valence-corrected chi connectivity index (χ2v) is 9.31. The van der Waals surface area contributed by atoms with Crippen molar-refractivity contribution in [3.63, 3.8) is 0 Å². The van der Waals surface area contributed by atoms with Gasteiger partial charge in [-0.05, 0) is 47.9 Å². The molecule has 0 aromatic heterocycles. The predicted molar refractivity (Wildman–Crippen MR) is 134 cm³/mol. The lowest BCUT2D eigenvalue weighted by atomic mass is 9.94. The molecule has 1 atom stereocenters. The summed E-state index contributed by atoms with van der Waals surface area (Å²) in [6, 6.07) is 21.7. The molecule has 3 aromatic rings. The van der Waals surface area contributed by atoms with Crippen LogP contribution in [0, 0.1) is 0 Å². The van der Waals surface area contributed by atoms with Gasteiger partial charge in [0.2, 0.25) is 17.5 Å². The first-order chi connectivity index (χ1) is 17.5. The molecule has 0 bridgehead atoms. The van der Waals surface area contributed by atoms with Gasteiger partial charge in [-0.15, -0.1) is 0 Å². The minimum atomic E-state index is -1.50. The molecule has 0 radical (unpaired) electrons. The third-order valence-corrected chi connectivity index (χ3v) is 7.18. The molecule has 0 saturated carbocycles. The number of aryl methyl sites for hydroxylation is 1. The van der Waals surface area contributed by atoms with E-state index < -0.39 is 11.6 Å². The van der Waals surface area contributed by atoms with Crippen molar-refractivity contribution in [3.05, 3.63) is 89.5 Å². The number of hydrogen-bond acceptors (Lipinski definition) is 4. The molecule has 3 aliphatic rings. The first-order valence-electron chi connectivity index (χ1n) is 12.0. The van der Waals surface area contributed by atoms with Crippen molar-refractivity contribution in [1.29, 1.82) is 0 Å². The van der Waals surface area contributed by atoms with Crippen LogP contribution in [-0.4, -0.2) is 34.2 Å². The summed E-state index contributed by atoms with van der Waals surface area (Å²) in [6.45, 7) is 0.182. The lowest BCUT2D eigenvalue weighted by molar-refractivity contribution is -0.129. The number of nitrogens with zero attached hydrogens (tertiary/aromatic N) is 2. The largest absolute Gasteiger partial charge is 0.326 e. The molecule has 36 heavy (non-hydrogen) atoms. The van der Waals surface area contributed by atoms with E-state index in [1.165, 1.54) is 9.80 Å².